The summed E-state index contributed by atoms with van der Waals surface area (Å²) in [5.74, 6) is 0. The van der Waals surface area contributed by atoms with Crippen LogP contribution in [0.3, 0.4) is 0 Å². The van der Waals surface area contributed by atoms with Crippen LogP contribution in [0.15, 0.2) is 61.2 Å². The lowest BCUT2D eigenvalue weighted by Gasteiger charge is -2.34. The topological polar surface area (TPSA) is 15.7 Å². The van der Waals surface area contributed by atoms with E-state index in [1.807, 2.05) is 42.5 Å². The van der Waals surface area contributed by atoms with Crippen LogP contribution in [-0.4, -0.2) is 55.7 Å². The van der Waals surface area contributed by atoms with Crippen molar-refractivity contribution in [1.29, 1.82) is 0 Å². The fourth-order valence-corrected chi connectivity index (χ4v) is 3.67. The van der Waals surface area contributed by atoms with E-state index in [9.17, 15) is 0 Å². The van der Waals surface area contributed by atoms with Crippen molar-refractivity contribution >= 4 is 23.2 Å². The molecule has 144 valence electrons. The number of nitrogens with zero attached hydrogens (tertiary/aromatic N) is 2. The third-order valence-corrected chi connectivity index (χ3v) is 5.63. The summed E-state index contributed by atoms with van der Waals surface area (Å²) in [6.45, 7) is 10.7. The van der Waals surface area contributed by atoms with Gasteiger partial charge in [0.25, 0.3) is 0 Å². The molecule has 0 N–H and O–H groups in total. The summed E-state index contributed by atoms with van der Waals surface area (Å²) in [6.07, 6.45) is 1.82. The third-order valence-electron chi connectivity index (χ3n) is 4.89. The molecule has 2 aromatic rings. The second kappa shape index (κ2) is 10.3. The van der Waals surface area contributed by atoms with Crippen molar-refractivity contribution in [2.24, 2.45) is 0 Å². The van der Waals surface area contributed by atoms with E-state index in [1.54, 1.807) is 0 Å². The van der Waals surface area contributed by atoms with Crippen molar-refractivity contribution in [2.45, 2.75) is 6.10 Å². The maximum Gasteiger partial charge on any atom is 0.108 e. The Morgan fingerprint density at radius 1 is 0.926 bits per heavy atom. The summed E-state index contributed by atoms with van der Waals surface area (Å²) in [6, 6.07) is 16.0. The molecule has 5 heteroatoms. The number of rotatable bonds is 8. The summed E-state index contributed by atoms with van der Waals surface area (Å²) in [5.41, 5.74) is 2.14. The Kier molecular flexibility index (Phi) is 7.74. The maximum atomic E-state index is 6.31. The van der Waals surface area contributed by atoms with Crippen molar-refractivity contribution < 1.29 is 4.74 Å². The van der Waals surface area contributed by atoms with Crippen molar-refractivity contribution in [3.8, 4) is 0 Å². The van der Waals surface area contributed by atoms with Crippen molar-refractivity contribution in [2.75, 3.05) is 45.9 Å². The lowest BCUT2D eigenvalue weighted by atomic mass is 10.0. The van der Waals surface area contributed by atoms with E-state index in [0.717, 1.165) is 50.4 Å². The first-order valence-corrected chi connectivity index (χ1v) is 10.1. The van der Waals surface area contributed by atoms with Gasteiger partial charge >= 0.3 is 0 Å². The van der Waals surface area contributed by atoms with Crippen LogP contribution in [0.5, 0.6) is 0 Å². The predicted octanol–water partition coefficient (Wildman–Crippen LogP) is 4.90. The highest BCUT2D eigenvalue weighted by atomic mass is 35.5. The summed E-state index contributed by atoms with van der Waals surface area (Å²) in [7, 11) is 0. The van der Waals surface area contributed by atoms with E-state index in [0.29, 0.717) is 16.7 Å². The largest absolute Gasteiger partial charge is 0.367 e. The highest BCUT2D eigenvalue weighted by molar-refractivity contribution is 6.42. The van der Waals surface area contributed by atoms with Gasteiger partial charge in [0.05, 0.1) is 16.7 Å². The quantitative estimate of drug-likeness (QED) is 0.581. The number of hydrogen-bond acceptors (Lipinski definition) is 3. The van der Waals surface area contributed by atoms with E-state index in [1.165, 1.54) is 0 Å². The van der Waals surface area contributed by atoms with Gasteiger partial charge in [0.2, 0.25) is 0 Å². The molecule has 1 unspecified atom stereocenters. The fourth-order valence-electron chi connectivity index (χ4n) is 3.37. The molecule has 1 atom stereocenters. The van der Waals surface area contributed by atoms with E-state index in [-0.39, 0.29) is 6.10 Å². The Hall–Kier alpha value is -1.36. The first kappa shape index (κ1) is 20.4. The minimum atomic E-state index is -0.150. The molecule has 1 saturated heterocycles. The summed E-state index contributed by atoms with van der Waals surface area (Å²) in [5, 5.41) is 1.11. The highest BCUT2D eigenvalue weighted by Gasteiger charge is 2.18. The average molecular weight is 405 g/mol. The van der Waals surface area contributed by atoms with Gasteiger partial charge in [-0.25, -0.2) is 0 Å². The molecule has 0 saturated carbocycles. The lowest BCUT2D eigenvalue weighted by Crippen LogP contribution is -2.47. The molecule has 0 aliphatic carbocycles. The first-order chi connectivity index (χ1) is 13.2. The van der Waals surface area contributed by atoms with Gasteiger partial charge in [-0.3, -0.25) is 9.80 Å². The van der Waals surface area contributed by atoms with Crippen molar-refractivity contribution in [1.82, 2.24) is 9.80 Å². The van der Waals surface area contributed by atoms with Crippen molar-refractivity contribution in [3.05, 3.63) is 82.4 Å². The highest BCUT2D eigenvalue weighted by Crippen LogP contribution is 2.31. The zero-order valence-corrected chi connectivity index (χ0v) is 17.0. The van der Waals surface area contributed by atoms with E-state index in [2.05, 4.69) is 28.5 Å². The third kappa shape index (κ3) is 5.81. The second-order valence-corrected chi connectivity index (χ2v) is 7.58. The van der Waals surface area contributed by atoms with E-state index >= 15 is 0 Å². The van der Waals surface area contributed by atoms with Crippen LogP contribution in [0.1, 0.15) is 17.2 Å². The summed E-state index contributed by atoms with van der Waals surface area (Å²) >= 11 is 12.3. The van der Waals surface area contributed by atoms with Gasteiger partial charge in [0.15, 0.2) is 0 Å². The van der Waals surface area contributed by atoms with Gasteiger partial charge < -0.3 is 4.74 Å². The molecule has 2 aromatic carbocycles. The number of ether oxygens (including phenoxy) is 1. The molecule has 1 fully saturated rings. The second-order valence-electron chi connectivity index (χ2n) is 6.77. The molecule has 0 spiro atoms. The van der Waals surface area contributed by atoms with Crippen LogP contribution in [0.4, 0.5) is 0 Å². The van der Waals surface area contributed by atoms with Crippen LogP contribution >= 0.6 is 23.2 Å². The Morgan fingerprint density at radius 3 is 2.30 bits per heavy atom. The lowest BCUT2D eigenvalue weighted by molar-refractivity contribution is 0.0468. The molecule has 0 radical (unpaired) electrons. The normalized spacial score (nSPS) is 17.0. The SMILES string of the molecule is C=CCN1CCN(CCOC(c2ccccc2)c2ccc(Cl)c(Cl)c2)CC1. The number of benzene rings is 2. The van der Waals surface area contributed by atoms with Crippen LogP contribution in [0.2, 0.25) is 10.0 Å². The Bertz CT molecular complexity index is 730. The average Bonchev–Trinajstić information content (AvgIpc) is 2.70. The molecule has 3 rings (SSSR count). The van der Waals surface area contributed by atoms with Gasteiger partial charge in [-0.15, -0.1) is 6.58 Å². The minimum Gasteiger partial charge on any atom is -0.367 e. The monoisotopic (exact) mass is 404 g/mol. The zero-order chi connectivity index (χ0) is 19.1. The predicted molar refractivity (Wildman–Crippen MR) is 114 cm³/mol. The Labute approximate surface area is 172 Å². The van der Waals surface area contributed by atoms with Gasteiger partial charge in [-0.1, -0.05) is 65.7 Å². The smallest absolute Gasteiger partial charge is 0.108 e. The number of piperazine rings is 1. The summed E-state index contributed by atoms with van der Waals surface area (Å²) < 4.78 is 6.31. The maximum absolute atomic E-state index is 6.31. The summed E-state index contributed by atoms with van der Waals surface area (Å²) in [4.78, 5) is 4.88. The molecule has 27 heavy (non-hydrogen) atoms. The molecule has 0 amide bonds. The minimum absolute atomic E-state index is 0.150. The van der Waals surface area contributed by atoms with Gasteiger partial charge in [-0.05, 0) is 23.3 Å². The van der Waals surface area contributed by atoms with Crippen LogP contribution in [-0.2, 0) is 4.74 Å². The molecule has 3 nitrogen and oxygen atoms in total. The Morgan fingerprint density at radius 2 is 1.63 bits per heavy atom. The van der Waals surface area contributed by atoms with Gasteiger partial charge in [0.1, 0.15) is 6.10 Å². The molecule has 0 aromatic heterocycles. The van der Waals surface area contributed by atoms with Crippen LogP contribution in [0.25, 0.3) is 0 Å². The van der Waals surface area contributed by atoms with Crippen LogP contribution in [0, 0.1) is 0 Å². The van der Waals surface area contributed by atoms with Gasteiger partial charge in [0, 0.05) is 39.3 Å². The molecular formula is C22H26Cl2N2O. The number of halogens is 2. The Balaban J connectivity index is 1.61. The van der Waals surface area contributed by atoms with Gasteiger partial charge in [-0.2, -0.15) is 0 Å². The molecule has 1 heterocycles. The fraction of sp³-hybridized carbons (Fsp3) is 0.364. The zero-order valence-electron chi connectivity index (χ0n) is 15.5. The standard InChI is InChI=1S/C22H26Cl2N2O/c1-2-10-25-11-13-26(14-12-25)15-16-27-22(18-6-4-3-5-7-18)19-8-9-20(23)21(24)17-19/h2-9,17,22H,1,10-16H2. The molecule has 0 bridgehead atoms. The molecule has 1 aliphatic heterocycles. The van der Waals surface area contributed by atoms with Crippen LogP contribution < -0.4 is 0 Å². The number of hydrogen-bond donors (Lipinski definition) is 0. The van der Waals surface area contributed by atoms with E-state index < -0.39 is 0 Å². The molecule has 1 aliphatic rings. The van der Waals surface area contributed by atoms with E-state index in [4.69, 9.17) is 27.9 Å². The first-order valence-electron chi connectivity index (χ1n) is 9.34. The molecular weight excluding hydrogens is 379 g/mol. The van der Waals surface area contributed by atoms with Crippen molar-refractivity contribution in [3.63, 3.8) is 0 Å².